The van der Waals surface area contributed by atoms with E-state index in [1.165, 1.54) is 0 Å². The predicted molar refractivity (Wildman–Crippen MR) is 79.6 cm³/mol. The molecule has 0 aliphatic heterocycles. The van der Waals surface area contributed by atoms with E-state index in [9.17, 15) is 9.90 Å². The van der Waals surface area contributed by atoms with Crippen LogP contribution in [0.4, 0.5) is 5.82 Å². The topological polar surface area (TPSA) is 75.1 Å². The molecule has 0 bridgehead atoms. The van der Waals surface area contributed by atoms with E-state index in [0.29, 0.717) is 11.4 Å². The highest BCUT2D eigenvalue weighted by atomic mass is 32.1. The maximum Gasteiger partial charge on any atom is 0.339 e. The van der Waals surface area contributed by atoms with Crippen LogP contribution in [0.3, 0.4) is 0 Å². The zero-order valence-corrected chi connectivity index (χ0v) is 12.7. The van der Waals surface area contributed by atoms with Gasteiger partial charge in [0.1, 0.15) is 16.4 Å². The molecule has 0 aromatic carbocycles. The van der Waals surface area contributed by atoms with Crippen LogP contribution in [0, 0.1) is 20.8 Å². The molecule has 2 aromatic heterocycles. The molecule has 0 aliphatic rings. The van der Waals surface area contributed by atoms with E-state index in [1.807, 2.05) is 26.2 Å². The van der Waals surface area contributed by atoms with Crippen LogP contribution >= 0.6 is 11.3 Å². The zero-order valence-electron chi connectivity index (χ0n) is 11.9. The third kappa shape index (κ3) is 2.96. The van der Waals surface area contributed by atoms with Crippen molar-refractivity contribution in [1.29, 1.82) is 0 Å². The lowest BCUT2D eigenvalue weighted by atomic mass is 10.1. The van der Waals surface area contributed by atoms with Crippen molar-refractivity contribution in [3.8, 4) is 0 Å². The molecule has 0 fully saturated rings. The van der Waals surface area contributed by atoms with Gasteiger partial charge >= 0.3 is 5.97 Å². The van der Waals surface area contributed by atoms with Crippen molar-refractivity contribution in [2.75, 3.05) is 5.32 Å². The second kappa shape index (κ2) is 5.58. The number of carboxylic acids is 1. The molecular formula is C14H17N3O2S. The van der Waals surface area contributed by atoms with Crippen molar-refractivity contribution in [3.63, 3.8) is 0 Å². The first-order chi connectivity index (χ1) is 9.38. The van der Waals surface area contributed by atoms with Crippen LogP contribution in [0.5, 0.6) is 0 Å². The minimum atomic E-state index is -0.972. The summed E-state index contributed by atoms with van der Waals surface area (Å²) in [6.07, 6.45) is 0. The van der Waals surface area contributed by atoms with Crippen LogP contribution < -0.4 is 5.32 Å². The average molecular weight is 291 g/mol. The van der Waals surface area contributed by atoms with Gasteiger partial charge in [0.25, 0.3) is 0 Å². The lowest BCUT2D eigenvalue weighted by Crippen LogP contribution is -2.14. The van der Waals surface area contributed by atoms with Gasteiger partial charge in [0.15, 0.2) is 0 Å². The van der Waals surface area contributed by atoms with Crippen molar-refractivity contribution in [1.82, 2.24) is 9.97 Å². The normalized spacial score (nSPS) is 12.2. The molecule has 6 heteroatoms. The quantitative estimate of drug-likeness (QED) is 0.903. The van der Waals surface area contributed by atoms with E-state index in [0.717, 1.165) is 16.4 Å². The van der Waals surface area contributed by atoms with Crippen LogP contribution in [0.1, 0.15) is 45.3 Å². The summed E-state index contributed by atoms with van der Waals surface area (Å²) in [6.45, 7) is 7.51. The Labute approximate surface area is 121 Å². The highest BCUT2D eigenvalue weighted by Crippen LogP contribution is 2.25. The highest BCUT2D eigenvalue weighted by molar-refractivity contribution is 7.09. The van der Waals surface area contributed by atoms with Gasteiger partial charge in [0.05, 0.1) is 6.04 Å². The number of carboxylic acid groups (broad SMARTS) is 1. The van der Waals surface area contributed by atoms with E-state index >= 15 is 0 Å². The van der Waals surface area contributed by atoms with E-state index in [1.54, 1.807) is 24.3 Å². The number of thiazole rings is 1. The molecule has 0 saturated heterocycles. The van der Waals surface area contributed by atoms with E-state index in [-0.39, 0.29) is 11.6 Å². The van der Waals surface area contributed by atoms with Gasteiger partial charge in [0.2, 0.25) is 0 Å². The fourth-order valence-electron chi connectivity index (χ4n) is 2.05. The molecule has 0 spiro atoms. The van der Waals surface area contributed by atoms with Gasteiger partial charge in [-0.1, -0.05) is 0 Å². The molecule has 0 amide bonds. The number of nitrogens with one attached hydrogen (secondary N) is 1. The van der Waals surface area contributed by atoms with Crippen LogP contribution in [0.15, 0.2) is 11.4 Å². The first-order valence-corrected chi connectivity index (χ1v) is 7.16. The zero-order chi connectivity index (χ0) is 14.9. The Morgan fingerprint density at radius 1 is 1.30 bits per heavy atom. The SMILES string of the molecule is Cc1csc(C(C)Nc2nc(C)cc(C)c2C(=O)O)n1. The van der Waals surface area contributed by atoms with Crippen molar-refractivity contribution >= 4 is 23.1 Å². The summed E-state index contributed by atoms with van der Waals surface area (Å²) in [6, 6.07) is 1.69. The second-order valence-electron chi connectivity index (χ2n) is 4.80. The molecule has 2 aromatic rings. The Morgan fingerprint density at radius 2 is 2.00 bits per heavy atom. The van der Waals surface area contributed by atoms with E-state index in [4.69, 9.17) is 0 Å². The van der Waals surface area contributed by atoms with Crippen molar-refractivity contribution in [2.45, 2.75) is 33.7 Å². The Hall–Kier alpha value is -1.95. The maximum absolute atomic E-state index is 11.4. The van der Waals surface area contributed by atoms with Crippen LogP contribution in [0.2, 0.25) is 0 Å². The summed E-state index contributed by atoms with van der Waals surface area (Å²) < 4.78 is 0. The van der Waals surface area contributed by atoms with Gasteiger partial charge < -0.3 is 10.4 Å². The van der Waals surface area contributed by atoms with Gasteiger partial charge in [-0.05, 0) is 39.3 Å². The number of aromatic nitrogens is 2. The lowest BCUT2D eigenvalue weighted by Gasteiger charge is -2.16. The number of aryl methyl sites for hydroxylation is 3. The fraction of sp³-hybridized carbons (Fsp3) is 0.357. The number of aromatic carboxylic acids is 1. The van der Waals surface area contributed by atoms with Crippen LogP contribution in [-0.4, -0.2) is 21.0 Å². The fourth-order valence-corrected chi connectivity index (χ4v) is 2.85. The molecule has 0 saturated carbocycles. The molecule has 2 rings (SSSR count). The van der Waals surface area contributed by atoms with Gasteiger partial charge in [-0.15, -0.1) is 11.3 Å². The molecule has 0 radical (unpaired) electrons. The van der Waals surface area contributed by atoms with Gasteiger partial charge in [-0.2, -0.15) is 0 Å². The Balaban J connectivity index is 2.35. The van der Waals surface area contributed by atoms with Crippen LogP contribution in [0.25, 0.3) is 0 Å². The van der Waals surface area contributed by atoms with Gasteiger partial charge in [0, 0.05) is 16.8 Å². The Morgan fingerprint density at radius 3 is 2.55 bits per heavy atom. The molecule has 5 nitrogen and oxygen atoms in total. The summed E-state index contributed by atoms with van der Waals surface area (Å²) in [4.78, 5) is 20.1. The smallest absolute Gasteiger partial charge is 0.339 e. The summed E-state index contributed by atoms with van der Waals surface area (Å²) in [5.74, 6) is -0.574. The Kier molecular flexibility index (Phi) is 4.04. The number of rotatable bonds is 4. The predicted octanol–water partition coefficient (Wildman–Crippen LogP) is 3.33. The molecule has 20 heavy (non-hydrogen) atoms. The van der Waals surface area contributed by atoms with Crippen molar-refractivity contribution in [2.24, 2.45) is 0 Å². The third-order valence-corrected chi connectivity index (χ3v) is 4.06. The third-order valence-electron chi connectivity index (χ3n) is 2.92. The van der Waals surface area contributed by atoms with Crippen molar-refractivity contribution in [3.05, 3.63) is 39.0 Å². The summed E-state index contributed by atoms with van der Waals surface area (Å²) >= 11 is 1.55. The highest BCUT2D eigenvalue weighted by Gasteiger charge is 2.18. The molecular weight excluding hydrogens is 274 g/mol. The molecule has 106 valence electrons. The molecule has 1 atom stereocenters. The van der Waals surface area contributed by atoms with E-state index in [2.05, 4.69) is 15.3 Å². The summed E-state index contributed by atoms with van der Waals surface area (Å²) in [5.41, 5.74) is 2.67. The molecule has 0 aliphatic carbocycles. The number of hydrogen-bond acceptors (Lipinski definition) is 5. The second-order valence-corrected chi connectivity index (χ2v) is 5.69. The van der Waals surface area contributed by atoms with Gasteiger partial charge in [-0.25, -0.2) is 14.8 Å². The van der Waals surface area contributed by atoms with Crippen LogP contribution in [-0.2, 0) is 0 Å². The molecule has 2 heterocycles. The lowest BCUT2D eigenvalue weighted by molar-refractivity contribution is 0.0696. The number of anilines is 1. The largest absolute Gasteiger partial charge is 0.478 e. The van der Waals surface area contributed by atoms with Gasteiger partial charge in [-0.3, -0.25) is 0 Å². The summed E-state index contributed by atoms with van der Waals surface area (Å²) in [7, 11) is 0. The molecule has 1 unspecified atom stereocenters. The number of pyridine rings is 1. The standard InChI is InChI=1S/C14H17N3O2S/c1-7-5-8(2)15-12(11(7)14(18)19)17-10(4)13-16-9(3)6-20-13/h5-6,10H,1-4H3,(H,15,17)(H,18,19). The monoisotopic (exact) mass is 291 g/mol. The minimum Gasteiger partial charge on any atom is -0.478 e. The Bertz CT molecular complexity index is 652. The first kappa shape index (κ1) is 14.5. The van der Waals surface area contributed by atoms with Crippen molar-refractivity contribution < 1.29 is 9.90 Å². The maximum atomic E-state index is 11.4. The van der Waals surface area contributed by atoms with E-state index < -0.39 is 5.97 Å². The minimum absolute atomic E-state index is 0.0829. The molecule has 2 N–H and O–H groups in total. The number of hydrogen-bond donors (Lipinski definition) is 2. The summed E-state index contributed by atoms with van der Waals surface area (Å²) in [5, 5.41) is 15.4. The number of carbonyl (C=O) groups is 1. The first-order valence-electron chi connectivity index (χ1n) is 6.28. The number of nitrogens with zero attached hydrogens (tertiary/aromatic N) is 2. The average Bonchev–Trinajstić information content (AvgIpc) is 2.74.